The molecule has 2 aromatic carbocycles. The Bertz CT molecular complexity index is 1090. The van der Waals surface area contributed by atoms with E-state index in [4.69, 9.17) is 16.3 Å². The number of nitrogens with zero attached hydrogens (tertiary/aromatic N) is 3. The van der Waals surface area contributed by atoms with Crippen LogP contribution in [0.25, 0.3) is 11.4 Å². The summed E-state index contributed by atoms with van der Waals surface area (Å²) in [6.07, 6.45) is 1.75. The van der Waals surface area contributed by atoms with E-state index in [1.807, 2.05) is 34.9 Å². The van der Waals surface area contributed by atoms with Gasteiger partial charge in [-0.3, -0.25) is 9.36 Å². The van der Waals surface area contributed by atoms with Crippen molar-refractivity contribution >= 4 is 40.9 Å². The minimum absolute atomic E-state index is 0.0873. The second-order valence-electron chi connectivity index (χ2n) is 6.32. The normalized spacial score (nSPS) is 10.5. The monoisotopic (exact) mass is 456 g/mol. The number of aromatic nitrogens is 3. The molecule has 160 valence electrons. The Morgan fingerprint density at radius 3 is 2.71 bits per heavy atom. The molecule has 0 unspecified atom stereocenters. The first-order chi connectivity index (χ1) is 15.0. The first-order valence-electron chi connectivity index (χ1n) is 9.52. The molecule has 0 spiro atoms. The molecule has 0 aliphatic carbocycles. The van der Waals surface area contributed by atoms with E-state index in [1.165, 1.54) is 17.8 Å². The van der Waals surface area contributed by atoms with Crippen LogP contribution < -0.4 is 5.32 Å². The van der Waals surface area contributed by atoms with Crippen LogP contribution in [0.5, 0.6) is 0 Å². The number of esters is 1. The summed E-state index contributed by atoms with van der Waals surface area (Å²) in [7, 11) is 0. The quantitative estimate of drug-likeness (QED) is 0.285. The van der Waals surface area contributed by atoms with Crippen molar-refractivity contribution in [3.63, 3.8) is 0 Å². The Hall–Kier alpha value is -3.10. The van der Waals surface area contributed by atoms with Gasteiger partial charge < -0.3 is 10.1 Å². The molecular weight excluding hydrogens is 436 g/mol. The van der Waals surface area contributed by atoms with Crippen LogP contribution in [-0.2, 0) is 16.1 Å². The van der Waals surface area contributed by atoms with Crippen LogP contribution in [0.1, 0.15) is 17.3 Å². The first-order valence-corrected chi connectivity index (χ1v) is 10.9. The number of halogens is 1. The highest BCUT2D eigenvalue weighted by Crippen LogP contribution is 2.26. The summed E-state index contributed by atoms with van der Waals surface area (Å²) in [5, 5.41) is 12.2. The number of benzene rings is 2. The van der Waals surface area contributed by atoms with Crippen LogP contribution in [0.4, 0.5) is 5.69 Å². The zero-order valence-corrected chi connectivity index (χ0v) is 18.4. The third kappa shape index (κ3) is 5.74. The van der Waals surface area contributed by atoms with Crippen LogP contribution in [0.2, 0.25) is 5.02 Å². The number of carbonyl (C=O) groups excluding carboxylic acids is 2. The van der Waals surface area contributed by atoms with Gasteiger partial charge in [0, 0.05) is 12.1 Å². The van der Waals surface area contributed by atoms with Crippen LogP contribution in [-0.4, -0.2) is 39.0 Å². The van der Waals surface area contributed by atoms with Crippen molar-refractivity contribution in [2.24, 2.45) is 0 Å². The van der Waals surface area contributed by atoms with E-state index < -0.39 is 5.97 Å². The van der Waals surface area contributed by atoms with Crippen molar-refractivity contribution in [3.05, 3.63) is 71.8 Å². The predicted octanol–water partition coefficient (Wildman–Crippen LogP) is 4.69. The number of carbonyl (C=O) groups is 2. The van der Waals surface area contributed by atoms with E-state index in [0.29, 0.717) is 33.8 Å². The van der Waals surface area contributed by atoms with Gasteiger partial charge in [0.25, 0.3) is 0 Å². The minimum Gasteiger partial charge on any atom is -0.462 e. The predicted molar refractivity (Wildman–Crippen MR) is 122 cm³/mol. The summed E-state index contributed by atoms with van der Waals surface area (Å²) in [5.74, 6) is 0.0234. The Balaban J connectivity index is 1.70. The third-order valence-electron chi connectivity index (χ3n) is 4.14. The Morgan fingerprint density at radius 2 is 2.00 bits per heavy atom. The van der Waals surface area contributed by atoms with Gasteiger partial charge in [0.05, 0.1) is 28.6 Å². The van der Waals surface area contributed by atoms with Crippen LogP contribution >= 0.6 is 23.4 Å². The summed E-state index contributed by atoms with van der Waals surface area (Å²) in [4.78, 5) is 24.4. The minimum atomic E-state index is -0.477. The molecule has 0 bridgehead atoms. The maximum absolute atomic E-state index is 12.5. The third-order valence-corrected chi connectivity index (χ3v) is 5.44. The lowest BCUT2D eigenvalue weighted by Crippen LogP contribution is -2.16. The van der Waals surface area contributed by atoms with Gasteiger partial charge in [-0.1, -0.05) is 59.8 Å². The van der Waals surface area contributed by atoms with Gasteiger partial charge in [-0.15, -0.1) is 16.8 Å². The number of allylic oxidation sites excluding steroid dienone is 1. The Morgan fingerprint density at radius 1 is 1.23 bits per heavy atom. The van der Waals surface area contributed by atoms with Gasteiger partial charge >= 0.3 is 5.97 Å². The van der Waals surface area contributed by atoms with Crippen molar-refractivity contribution in [1.82, 2.24) is 14.8 Å². The standard InChI is InChI=1S/C22H21ClN4O3S/c1-3-12-27-20(15-8-6-5-7-9-15)25-26-22(27)31-14-19(28)24-18-13-16(10-11-17(18)23)21(29)30-4-2/h3,5-11,13H,1,4,12,14H2,2H3,(H,24,28). The smallest absolute Gasteiger partial charge is 0.338 e. The summed E-state index contributed by atoms with van der Waals surface area (Å²) < 4.78 is 6.88. The van der Waals surface area contributed by atoms with Crippen LogP contribution in [0, 0.1) is 0 Å². The summed E-state index contributed by atoms with van der Waals surface area (Å²) in [6.45, 7) is 6.28. The van der Waals surface area contributed by atoms with Gasteiger partial charge in [0.1, 0.15) is 0 Å². The largest absolute Gasteiger partial charge is 0.462 e. The highest BCUT2D eigenvalue weighted by atomic mass is 35.5. The lowest BCUT2D eigenvalue weighted by atomic mass is 10.2. The van der Waals surface area contributed by atoms with Gasteiger partial charge in [-0.2, -0.15) is 0 Å². The molecule has 3 rings (SSSR count). The summed E-state index contributed by atoms with van der Waals surface area (Å²) in [6, 6.07) is 14.3. The van der Waals surface area contributed by atoms with Crippen molar-refractivity contribution in [1.29, 1.82) is 0 Å². The first kappa shape index (κ1) is 22.6. The van der Waals surface area contributed by atoms with E-state index >= 15 is 0 Å². The zero-order chi connectivity index (χ0) is 22.2. The number of amides is 1. The number of hydrogen-bond donors (Lipinski definition) is 1. The number of rotatable bonds is 9. The molecule has 1 amide bonds. The number of nitrogens with one attached hydrogen (secondary N) is 1. The summed E-state index contributed by atoms with van der Waals surface area (Å²) in [5.41, 5.74) is 1.58. The Kier molecular flexibility index (Phi) is 7.86. The molecule has 0 fully saturated rings. The average Bonchev–Trinajstić information content (AvgIpc) is 3.17. The second kappa shape index (κ2) is 10.8. The van der Waals surface area contributed by atoms with E-state index in [9.17, 15) is 9.59 Å². The SMILES string of the molecule is C=CCn1c(SCC(=O)Nc2cc(C(=O)OCC)ccc2Cl)nnc1-c1ccccc1. The molecular formula is C22H21ClN4O3S. The highest BCUT2D eigenvalue weighted by molar-refractivity contribution is 7.99. The fourth-order valence-corrected chi connectivity index (χ4v) is 3.68. The zero-order valence-electron chi connectivity index (χ0n) is 16.9. The maximum Gasteiger partial charge on any atom is 0.338 e. The van der Waals surface area contributed by atoms with Crippen molar-refractivity contribution in [3.8, 4) is 11.4 Å². The van der Waals surface area contributed by atoms with Crippen molar-refractivity contribution in [2.75, 3.05) is 17.7 Å². The van der Waals surface area contributed by atoms with E-state index in [1.54, 1.807) is 25.1 Å². The van der Waals surface area contributed by atoms with Crippen LogP contribution in [0.3, 0.4) is 0 Å². The molecule has 3 aromatic rings. The van der Waals surface area contributed by atoms with Crippen molar-refractivity contribution < 1.29 is 14.3 Å². The molecule has 9 heteroatoms. The molecule has 0 radical (unpaired) electrons. The topological polar surface area (TPSA) is 86.1 Å². The Labute approximate surface area is 189 Å². The van der Waals surface area contributed by atoms with Crippen LogP contribution in [0.15, 0.2) is 66.3 Å². The number of anilines is 1. The van der Waals surface area contributed by atoms with E-state index in [2.05, 4.69) is 22.1 Å². The molecule has 0 atom stereocenters. The molecule has 0 saturated carbocycles. The lowest BCUT2D eigenvalue weighted by Gasteiger charge is -2.10. The molecule has 1 heterocycles. The molecule has 1 N–H and O–H groups in total. The van der Waals surface area contributed by atoms with Crippen molar-refractivity contribution in [2.45, 2.75) is 18.6 Å². The number of hydrogen-bond acceptors (Lipinski definition) is 6. The molecule has 0 aliphatic rings. The van der Waals surface area contributed by atoms with Gasteiger partial charge in [-0.25, -0.2) is 4.79 Å². The van der Waals surface area contributed by atoms with Gasteiger partial charge in [0.15, 0.2) is 11.0 Å². The highest BCUT2D eigenvalue weighted by Gasteiger charge is 2.16. The second-order valence-corrected chi connectivity index (χ2v) is 7.67. The fourth-order valence-electron chi connectivity index (χ4n) is 2.77. The molecule has 0 saturated heterocycles. The van der Waals surface area contributed by atoms with Gasteiger partial charge in [0.2, 0.25) is 5.91 Å². The maximum atomic E-state index is 12.5. The van der Waals surface area contributed by atoms with Gasteiger partial charge in [-0.05, 0) is 25.1 Å². The molecule has 31 heavy (non-hydrogen) atoms. The average molecular weight is 457 g/mol. The lowest BCUT2D eigenvalue weighted by molar-refractivity contribution is -0.113. The van der Waals surface area contributed by atoms with E-state index in [-0.39, 0.29) is 18.3 Å². The molecule has 7 nitrogen and oxygen atoms in total. The van der Waals surface area contributed by atoms with E-state index in [0.717, 1.165) is 5.56 Å². The number of thioether (sulfide) groups is 1. The molecule has 1 aromatic heterocycles. The summed E-state index contributed by atoms with van der Waals surface area (Å²) >= 11 is 7.41. The number of ether oxygens (including phenoxy) is 1. The molecule has 0 aliphatic heterocycles. The fraction of sp³-hybridized carbons (Fsp3) is 0.182.